The Balaban J connectivity index is 1.41. The number of likely N-dealkylation sites (tertiary alicyclic amines) is 1. The molecule has 25 heavy (non-hydrogen) atoms. The van der Waals surface area contributed by atoms with Crippen LogP contribution in [-0.2, 0) is 17.6 Å². The van der Waals surface area contributed by atoms with E-state index in [0.717, 1.165) is 49.6 Å². The molecule has 0 aliphatic carbocycles. The summed E-state index contributed by atoms with van der Waals surface area (Å²) in [5.41, 5.74) is 2.47. The molecule has 132 valence electrons. The zero-order valence-corrected chi connectivity index (χ0v) is 15.0. The van der Waals surface area contributed by atoms with Gasteiger partial charge in [-0.1, -0.05) is 42.5 Å². The second-order valence-corrected chi connectivity index (χ2v) is 6.87. The van der Waals surface area contributed by atoms with Gasteiger partial charge < -0.3 is 9.64 Å². The molecule has 0 aromatic heterocycles. The molecular formula is C22H27NO2. The lowest BCUT2D eigenvalue weighted by atomic mass is 9.90. The van der Waals surface area contributed by atoms with Crippen LogP contribution in [0.15, 0.2) is 54.6 Å². The number of benzene rings is 2. The molecular weight excluding hydrogens is 310 g/mol. The molecule has 3 heteroatoms. The summed E-state index contributed by atoms with van der Waals surface area (Å²) >= 11 is 0. The molecule has 0 radical (unpaired) electrons. The Morgan fingerprint density at radius 1 is 1.00 bits per heavy atom. The molecule has 2 aromatic rings. The first kappa shape index (κ1) is 17.5. The van der Waals surface area contributed by atoms with Gasteiger partial charge in [0.2, 0.25) is 5.91 Å². The van der Waals surface area contributed by atoms with Gasteiger partial charge in [0.25, 0.3) is 0 Å². The minimum atomic E-state index is 0.264. The Bertz CT molecular complexity index is 658. The molecule has 0 saturated carbocycles. The van der Waals surface area contributed by atoms with E-state index in [1.165, 1.54) is 12.0 Å². The Labute approximate surface area is 150 Å². The quantitative estimate of drug-likeness (QED) is 0.794. The maximum Gasteiger partial charge on any atom is 0.226 e. The molecule has 1 fully saturated rings. The number of carbonyl (C=O) groups excluding carboxylic acids is 1. The summed E-state index contributed by atoms with van der Waals surface area (Å²) in [7, 11) is 1.70. The summed E-state index contributed by atoms with van der Waals surface area (Å²) in [5, 5.41) is 0. The number of hydrogen-bond donors (Lipinski definition) is 0. The highest BCUT2D eigenvalue weighted by atomic mass is 16.5. The summed E-state index contributed by atoms with van der Waals surface area (Å²) in [4.78, 5) is 14.5. The van der Waals surface area contributed by atoms with Crippen molar-refractivity contribution in [3.8, 4) is 5.75 Å². The first-order valence-electron chi connectivity index (χ1n) is 9.19. The third kappa shape index (κ3) is 5.09. The van der Waals surface area contributed by atoms with Gasteiger partial charge in [0, 0.05) is 13.1 Å². The van der Waals surface area contributed by atoms with Gasteiger partial charge >= 0.3 is 0 Å². The van der Waals surface area contributed by atoms with Crippen LogP contribution in [0.2, 0.25) is 0 Å². The second-order valence-electron chi connectivity index (χ2n) is 6.87. The lowest BCUT2D eigenvalue weighted by molar-refractivity contribution is -0.131. The molecule has 1 aliphatic rings. The molecule has 1 aliphatic heterocycles. The van der Waals surface area contributed by atoms with Crippen LogP contribution < -0.4 is 4.74 Å². The first-order valence-corrected chi connectivity index (χ1v) is 9.19. The van der Waals surface area contributed by atoms with E-state index in [0.29, 0.717) is 6.42 Å². The second kappa shape index (κ2) is 8.70. The summed E-state index contributed by atoms with van der Waals surface area (Å²) in [6.07, 6.45) is 5.07. The monoisotopic (exact) mass is 337 g/mol. The average Bonchev–Trinajstić information content (AvgIpc) is 2.68. The van der Waals surface area contributed by atoms with E-state index < -0.39 is 0 Å². The smallest absolute Gasteiger partial charge is 0.226 e. The molecule has 0 bridgehead atoms. The van der Waals surface area contributed by atoms with Crippen molar-refractivity contribution in [2.75, 3.05) is 20.2 Å². The highest BCUT2D eigenvalue weighted by Gasteiger charge is 2.22. The van der Waals surface area contributed by atoms with Crippen LogP contribution in [0.4, 0.5) is 0 Å². The topological polar surface area (TPSA) is 29.5 Å². The maximum absolute atomic E-state index is 12.4. The van der Waals surface area contributed by atoms with Gasteiger partial charge in [-0.25, -0.2) is 0 Å². The fraction of sp³-hybridized carbons (Fsp3) is 0.409. The molecule has 3 nitrogen and oxygen atoms in total. The van der Waals surface area contributed by atoms with E-state index in [2.05, 4.69) is 12.1 Å². The Morgan fingerprint density at radius 3 is 2.32 bits per heavy atom. The molecule has 1 heterocycles. The van der Waals surface area contributed by atoms with Crippen LogP contribution in [0.1, 0.15) is 30.4 Å². The van der Waals surface area contributed by atoms with Crippen LogP contribution in [-0.4, -0.2) is 31.0 Å². The molecule has 0 spiro atoms. The Hall–Kier alpha value is -2.29. The van der Waals surface area contributed by atoms with Gasteiger partial charge in [-0.3, -0.25) is 4.79 Å². The van der Waals surface area contributed by atoms with Gasteiger partial charge in [0.1, 0.15) is 5.75 Å². The van der Waals surface area contributed by atoms with Crippen molar-refractivity contribution in [3.05, 3.63) is 65.7 Å². The fourth-order valence-electron chi connectivity index (χ4n) is 3.52. The zero-order chi connectivity index (χ0) is 17.5. The molecule has 1 amide bonds. The SMILES string of the molecule is COc1ccc(CCC2CCN(C(=O)Cc3ccccc3)CC2)cc1. The summed E-state index contributed by atoms with van der Waals surface area (Å²) in [6, 6.07) is 18.4. The molecule has 0 atom stereocenters. The standard InChI is InChI=1S/C22H27NO2/c1-25-21-11-9-18(10-12-21)7-8-19-13-15-23(16-14-19)22(24)17-20-5-3-2-4-6-20/h2-6,9-12,19H,7-8,13-17H2,1H3. The summed E-state index contributed by atoms with van der Waals surface area (Å²) in [6.45, 7) is 1.80. The zero-order valence-electron chi connectivity index (χ0n) is 15.0. The third-order valence-electron chi connectivity index (χ3n) is 5.17. The van der Waals surface area contributed by atoms with Crippen molar-refractivity contribution in [2.45, 2.75) is 32.1 Å². The van der Waals surface area contributed by atoms with Crippen LogP contribution >= 0.6 is 0 Å². The number of amides is 1. The van der Waals surface area contributed by atoms with E-state index in [1.807, 2.05) is 47.4 Å². The average molecular weight is 337 g/mol. The van der Waals surface area contributed by atoms with Crippen molar-refractivity contribution < 1.29 is 9.53 Å². The van der Waals surface area contributed by atoms with Gasteiger partial charge in [0.05, 0.1) is 13.5 Å². The maximum atomic E-state index is 12.4. The van der Waals surface area contributed by atoms with E-state index in [-0.39, 0.29) is 5.91 Å². The number of nitrogens with zero attached hydrogens (tertiary/aromatic N) is 1. The third-order valence-corrected chi connectivity index (χ3v) is 5.17. The van der Waals surface area contributed by atoms with Gasteiger partial charge in [-0.2, -0.15) is 0 Å². The van der Waals surface area contributed by atoms with Crippen molar-refractivity contribution in [1.29, 1.82) is 0 Å². The minimum absolute atomic E-state index is 0.264. The number of carbonyl (C=O) groups is 1. The van der Waals surface area contributed by atoms with E-state index in [9.17, 15) is 4.79 Å². The van der Waals surface area contributed by atoms with Gasteiger partial charge in [-0.15, -0.1) is 0 Å². The predicted molar refractivity (Wildman–Crippen MR) is 101 cm³/mol. The van der Waals surface area contributed by atoms with Crippen molar-refractivity contribution in [1.82, 2.24) is 4.90 Å². The number of hydrogen-bond acceptors (Lipinski definition) is 2. The predicted octanol–water partition coefficient (Wildman–Crippen LogP) is 4.11. The normalized spacial score (nSPS) is 15.2. The van der Waals surface area contributed by atoms with Crippen molar-refractivity contribution in [2.24, 2.45) is 5.92 Å². The van der Waals surface area contributed by atoms with E-state index >= 15 is 0 Å². The number of piperidine rings is 1. The van der Waals surface area contributed by atoms with Crippen LogP contribution in [0, 0.1) is 5.92 Å². The lowest BCUT2D eigenvalue weighted by Gasteiger charge is -2.32. The summed E-state index contributed by atoms with van der Waals surface area (Å²) < 4.78 is 5.20. The number of ether oxygens (including phenoxy) is 1. The van der Waals surface area contributed by atoms with Crippen LogP contribution in [0.3, 0.4) is 0 Å². The highest BCUT2D eigenvalue weighted by molar-refractivity contribution is 5.78. The Morgan fingerprint density at radius 2 is 1.68 bits per heavy atom. The largest absolute Gasteiger partial charge is 0.497 e. The van der Waals surface area contributed by atoms with E-state index in [1.54, 1.807) is 7.11 Å². The van der Waals surface area contributed by atoms with Crippen LogP contribution in [0.25, 0.3) is 0 Å². The molecule has 1 saturated heterocycles. The van der Waals surface area contributed by atoms with Crippen molar-refractivity contribution >= 4 is 5.91 Å². The van der Waals surface area contributed by atoms with Gasteiger partial charge in [-0.05, 0) is 54.9 Å². The highest BCUT2D eigenvalue weighted by Crippen LogP contribution is 2.23. The molecule has 3 rings (SSSR count). The number of aryl methyl sites for hydroxylation is 1. The molecule has 0 N–H and O–H groups in total. The molecule has 0 unspecified atom stereocenters. The van der Waals surface area contributed by atoms with Crippen LogP contribution in [0.5, 0.6) is 5.75 Å². The van der Waals surface area contributed by atoms with E-state index in [4.69, 9.17) is 4.74 Å². The molecule has 2 aromatic carbocycles. The fourth-order valence-corrected chi connectivity index (χ4v) is 3.52. The van der Waals surface area contributed by atoms with Crippen molar-refractivity contribution in [3.63, 3.8) is 0 Å². The summed E-state index contributed by atoms with van der Waals surface area (Å²) in [5.74, 6) is 1.90. The first-order chi connectivity index (χ1) is 12.2. The van der Waals surface area contributed by atoms with Gasteiger partial charge in [0.15, 0.2) is 0 Å². The number of methoxy groups -OCH3 is 1. The lowest BCUT2D eigenvalue weighted by Crippen LogP contribution is -2.39. The Kier molecular flexibility index (Phi) is 6.10. The minimum Gasteiger partial charge on any atom is -0.497 e. The number of rotatable bonds is 6.